The Morgan fingerprint density at radius 3 is 3.06 bits per heavy atom. The predicted molar refractivity (Wildman–Crippen MR) is 71.5 cm³/mol. The van der Waals surface area contributed by atoms with Crippen molar-refractivity contribution in [1.82, 2.24) is 4.90 Å². The van der Waals surface area contributed by atoms with Crippen LogP contribution < -0.4 is 5.32 Å². The summed E-state index contributed by atoms with van der Waals surface area (Å²) in [6.07, 6.45) is 0.268. The van der Waals surface area contributed by atoms with Crippen LogP contribution in [0.2, 0.25) is 0 Å². The second kappa shape index (κ2) is 7.11. The molecule has 2 N–H and O–H groups in total. The van der Waals surface area contributed by atoms with E-state index in [-0.39, 0.29) is 18.6 Å². The number of anilines is 1. The summed E-state index contributed by atoms with van der Waals surface area (Å²) < 4.78 is 0. The van der Waals surface area contributed by atoms with Gasteiger partial charge < -0.3 is 10.4 Å². The van der Waals surface area contributed by atoms with Crippen molar-refractivity contribution < 1.29 is 9.90 Å². The molecule has 6 heteroatoms. The van der Waals surface area contributed by atoms with Gasteiger partial charge in [-0.15, -0.1) is 11.3 Å². The zero-order valence-corrected chi connectivity index (χ0v) is 11.3. The molecule has 0 saturated carbocycles. The Kier molecular flexibility index (Phi) is 5.78. The third-order valence-electron chi connectivity index (χ3n) is 2.38. The second-order valence-electron chi connectivity index (χ2n) is 4.20. The Morgan fingerprint density at radius 2 is 2.44 bits per heavy atom. The van der Waals surface area contributed by atoms with E-state index in [2.05, 4.69) is 5.32 Å². The number of thiophene rings is 1. The number of carbonyl (C=O) groups is 1. The van der Waals surface area contributed by atoms with Crippen molar-refractivity contribution in [3.05, 3.63) is 17.0 Å². The van der Waals surface area contributed by atoms with Crippen LogP contribution in [-0.2, 0) is 4.79 Å². The summed E-state index contributed by atoms with van der Waals surface area (Å²) in [6.45, 7) is 2.62. The van der Waals surface area contributed by atoms with Crippen molar-refractivity contribution in [1.29, 1.82) is 5.26 Å². The Bertz CT molecular complexity index is 437. The van der Waals surface area contributed by atoms with Crippen LogP contribution in [0.1, 0.15) is 18.9 Å². The summed E-state index contributed by atoms with van der Waals surface area (Å²) in [6, 6.07) is 3.70. The van der Waals surface area contributed by atoms with E-state index in [4.69, 9.17) is 10.4 Å². The number of nitrogens with zero attached hydrogens (tertiary/aromatic N) is 2. The summed E-state index contributed by atoms with van der Waals surface area (Å²) in [5, 5.41) is 23.0. The summed E-state index contributed by atoms with van der Waals surface area (Å²) in [7, 11) is 1.82. The Labute approximate surface area is 111 Å². The van der Waals surface area contributed by atoms with Crippen molar-refractivity contribution in [3.63, 3.8) is 0 Å². The number of hydrogen-bond donors (Lipinski definition) is 2. The molecule has 1 unspecified atom stereocenters. The normalized spacial score (nSPS) is 12.2. The van der Waals surface area contributed by atoms with E-state index < -0.39 is 0 Å². The number of aliphatic hydroxyl groups is 1. The maximum atomic E-state index is 11.7. The molecule has 0 radical (unpaired) electrons. The lowest BCUT2D eigenvalue weighted by Gasteiger charge is -2.16. The van der Waals surface area contributed by atoms with Gasteiger partial charge in [-0.25, -0.2) is 0 Å². The van der Waals surface area contributed by atoms with Gasteiger partial charge in [-0.3, -0.25) is 9.69 Å². The fraction of sp³-hybridized carbons (Fsp3) is 0.500. The van der Waals surface area contributed by atoms with Gasteiger partial charge in [0.1, 0.15) is 11.1 Å². The standard InChI is InChI=1S/C12H17N3O2S/c1-9(16)3-5-15(2)8-11(17)14-12-10(7-13)4-6-18-12/h4,6,9,16H,3,5,8H2,1-2H3,(H,14,17). The molecule has 0 fully saturated rings. The second-order valence-corrected chi connectivity index (χ2v) is 5.11. The van der Waals surface area contributed by atoms with Gasteiger partial charge in [0, 0.05) is 6.54 Å². The van der Waals surface area contributed by atoms with E-state index in [1.165, 1.54) is 11.3 Å². The Balaban J connectivity index is 2.40. The number of nitriles is 1. The quantitative estimate of drug-likeness (QED) is 0.813. The maximum Gasteiger partial charge on any atom is 0.239 e. The highest BCUT2D eigenvalue weighted by Gasteiger charge is 2.10. The van der Waals surface area contributed by atoms with Crippen LogP contribution in [0.4, 0.5) is 5.00 Å². The molecule has 0 aliphatic carbocycles. The molecule has 0 bridgehead atoms. The Morgan fingerprint density at radius 1 is 1.72 bits per heavy atom. The van der Waals surface area contributed by atoms with Crippen LogP contribution in [0.15, 0.2) is 11.4 Å². The molecule has 0 spiro atoms. The molecule has 0 aliphatic rings. The van der Waals surface area contributed by atoms with Crippen LogP contribution in [0.3, 0.4) is 0 Å². The largest absolute Gasteiger partial charge is 0.393 e. The number of amides is 1. The van der Waals surface area contributed by atoms with Crippen molar-refractivity contribution in [2.75, 3.05) is 25.5 Å². The van der Waals surface area contributed by atoms with E-state index in [0.29, 0.717) is 23.5 Å². The van der Waals surface area contributed by atoms with Crippen LogP contribution in [0.5, 0.6) is 0 Å². The first-order chi connectivity index (χ1) is 8.52. The van der Waals surface area contributed by atoms with Gasteiger partial charge in [0.15, 0.2) is 0 Å². The molecule has 1 amide bonds. The third kappa shape index (κ3) is 4.84. The lowest BCUT2D eigenvalue weighted by Crippen LogP contribution is -2.31. The van der Waals surface area contributed by atoms with Gasteiger partial charge in [0.25, 0.3) is 0 Å². The predicted octanol–water partition coefficient (Wildman–Crippen LogP) is 1.26. The highest BCUT2D eigenvalue weighted by molar-refractivity contribution is 7.14. The molecule has 1 aromatic heterocycles. The highest BCUT2D eigenvalue weighted by Crippen LogP contribution is 2.21. The van der Waals surface area contributed by atoms with Gasteiger partial charge >= 0.3 is 0 Å². The molecule has 1 aromatic rings. The summed E-state index contributed by atoms with van der Waals surface area (Å²) >= 11 is 1.33. The van der Waals surface area contributed by atoms with Gasteiger partial charge in [0.2, 0.25) is 5.91 Å². The summed E-state index contributed by atoms with van der Waals surface area (Å²) in [5.74, 6) is -0.151. The summed E-state index contributed by atoms with van der Waals surface area (Å²) in [4.78, 5) is 13.6. The first kappa shape index (κ1) is 14.6. The minimum absolute atomic E-state index is 0.151. The minimum atomic E-state index is -0.363. The van der Waals surface area contributed by atoms with Crippen LogP contribution in [-0.4, -0.2) is 42.2 Å². The lowest BCUT2D eigenvalue weighted by molar-refractivity contribution is -0.117. The Hall–Kier alpha value is -1.42. The molecule has 1 atom stereocenters. The zero-order chi connectivity index (χ0) is 13.5. The van der Waals surface area contributed by atoms with Gasteiger partial charge in [-0.1, -0.05) is 0 Å². The van der Waals surface area contributed by atoms with Crippen LogP contribution >= 0.6 is 11.3 Å². The fourth-order valence-electron chi connectivity index (χ4n) is 1.39. The molecule has 1 heterocycles. The average Bonchev–Trinajstić information content (AvgIpc) is 2.73. The highest BCUT2D eigenvalue weighted by atomic mass is 32.1. The van der Waals surface area contributed by atoms with E-state index in [1.54, 1.807) is 18.4 Å². The molecular formula is C12H17N3O2S. The van der Waals surface area contributed by atoms with E-state index in [0.717, 1.165) is 0 Å². The number of hydrogen-bond acceptors (Lipinski definition) is 5. The van der Waals surface area contributed by atoms with E-state index in [9.17, 15) is 4.79 Å². The molecule has 18 heavy (non-hydrogen) atoms. The van der Waals surface area contributed by atoms with E-state index in [1.807, 2.05) is 18.0 Å². The van der Waals surface area contributed by atoms with Crippen molar-refractivity contribution >= 4 is 22.2 Å². The zero-order valence-electron chi connectivity index (χ0n) is 10.5. The monoisotopic (exact) mass is 267 g/mol. The minimum Gasteiger partial charge on any atom is -0.393 e. The van der Waals surface area contributed by atoms with Crippen molar-refractivity contribution in [2.24, 2.45) is 0 Å². The number of carbonyl (C=O) groups excluding carboxylic acids is 1. The van der Waals surface area contributed by atoms with Crippen LogP contribution in [0, 0.1) is 11.3 Å². The number of nitrogens with one attached hydrogen (secondary N) is 1. The number of likely N-dealkylation sites (N-methyl/N-ethyl adjacent to an activating group) is 1. The summed E-state index contributed by atoms with van der Waals surface area (Å²) in [5.41, 5.74) is 0.486. The molecular weight excluding hydrogens is 250 g/mol. The first-order valence-electron chi connectivity index (χ1n) is 5.67. The third-order valence-corrected chi connectivity index (χ3v) is 3.21. The first-order valence-corrected chi connectivity index (χ1v) is 6.55. The maximum absolute atomic E-state index is 11.7. The van der Waals surface area contributed by atoms with E-state index >= 15 is 0 Å². The van der Waals surface area contributed by atoms with Gasteiger partial charge in [-0.2, -0.15) is 5.26 Å². The van der Waals surface area contributed by atoms with Crippen LogP contribution in [0.25, 0.3) is 0 Å². The van der Waals surface area contributed by atoms with Gasteiger partial charge in [-0.05, 0) is 31.8 Å². The number of rotatable bonds is 6. The fourth-order valence-corrected chi connectivity index (χ4v) is 2.15. The molecule has 5 nitrogen and oxygen atoms in total. The number of aliphatic hydroxyl groups excluding tert-OH is 1. The molecule has 98 valence electrons. The van der Waals surface area contributed by atoms with Crippen molar-refractivity contribution in [3.8, 4) is 6.07 Å². The molecule has 0 saturated heterocycles. The smallest absolute Gasteiger partial charge is 0.239 e. The lowest BCUT2D eigenvalue weighted by atomic mass is 10.3. The van der Waals surface area contributed by atoms with Gasteiger partial charge in [0.05, 0.1) is 18.2 Å². The molecule has 0 aromatic carbocycles. The SMILES string of the molecule is CC(O)CCN(C)CC(=O)Nc1sccc1C#N. The van der Waals surface area contributed by atoms with Crippen molar-refractivity contribution in [2.45, 2.75) is 19.4 Å². The average molecular weight is 267 g/mol. The molecule has 1 rings (SSSR count). The topological polar surface area (TPSA) is 76.4 Å². The molecule has 0 aliphatic heterocycles.